The molecule has 0 bridgehead atoms. The fourth-order valence-corrected chi connectivity index (χ4v) is 2.32. The molecule has 1 aromatic carbocycles. The van der Waals surface area contributed by atoms with E-state index < -0.39 is 5.97 Å². The van der Waals surface area contributed by atoms with Gasteiger partial charge in [0, 0.05) is 25.5 Å². The van der Waals surface area contributed by atoms with Crippen LogP contribution in [0.3, 0.4) is 0 Å². The first-order valence-electron chi connectivity index (χ1n) is 7.69. The highest BCUT2D eigenvalue weighted by molar-refractivity contribution is 5.92. The average molecular weight is 299 g/mol. The van der Waals surface area contributed by atoms with E-state index in [1.54, 1.807) is 17.0 Å². The number of rotatable bonds is 0. The Kier molecular flexibility index (Phi) is 6.02. The summed E-state index contributed by atoms with van der Waals surface area (Å²) in [6, 6.07) is 7.16. The lowest BCUT2D eigenvalue weighted by molar-refractivity contribution is -0.132. The van der Waals surface area contributed by atoms with Gasteiger partial charge < -0.3 is 9.64 Å². The molecule has 1 aromatic rings. The molecule has 0 aromatic heterocycles. The third kappa shape index (κ3) is 4.63. The number of amides is 1. The van der Waals surface area contributed by atoms with E-state index in [9.17, 15) is 9.59 Å². The van der Waals surface area contributed by atoms with Gasteiger partial charge in [-0.2, -0.15) is 0 Å². The van der Waals surface area contributed by atoms with E-state index in [1.807, 2.05) is 12.1 Å². The molecular weight excluding hydrogens is 278 g/mol. The summed E-state index contributed by atoms with van der Waals surface area (Å²) in [4.78, 5) is 25.4. The van der Waals surface area contributed by atoms with Crippen molar-refractivity contribution in [3.8, 4) is 11.8 Å². The zero-order chi connectivity index (χ0) is 15.8. The van der Waals surface area contributed by atoms with Gasteiger partial charge in [0.2, 0.25) is 5.91 Å². The molecule has 0 N–H and O–H groups in total. The van der Waals surface area contributed by atoms with Crippen LogP contribution in [0, 0.1) is 11.8 Å². The Balaban J connectivity index is 2.19. The van der Waals surface area contributed by atoms with Crippen molar-refractivity contribution < 1.29 is 14.3 Å². The van der Waals surface area contributed by atoms with Gasteiger partial charge in [-0.3, -0.25) is 4.79 Å². The second-order valence-electron chi connectivity index (χ2n) is 5.35. The molecule has 22 heavy (non-hydrogen) atoms. The first-order valence-corrected chi connectivity index (χ1v) is 7.69. The number of fused-ring (bicyclic) bond motifs is 1. The molecule has 0 spiro atoms. The molecule has 4 heteroatoms. The second-order valence-corrected chi connectivity index (χ2v) is 5.35. The normalized spacial score (nSPS) is 16.6. The van der Waals surface area contributed by atoms with E-state index in [1.165, 1.54) is 6.92 Å². The van der Waals surface area contributed by atoms with Crippen LogP contribution in [0.15, 0.2) is 24.3 Å². The van der Waals surface area contributed by atoms with Gasteiger partial charge in [0.05, 0.1) is 5.56 Å². The van der Waals surface area contributed by atoms with Gasteiger partial charge in [-0.05, 0) is 25.0 Å². The van der Waals surface area contributed by atoms with Gasteiger partial charge in [0.1, 0.15) is 0 Å². The number of nitrogens with zero attached hydrogens (tertiary/aromatic N) is 1. The van der Waals surface area contributed by atoms with E-state index in [0.717, 1.165) is 32.1 Å². The number of esters is 1. The molecule has 0 atom stereocenters. The molecule has 0 fully saturated rings. The SMILES string of the molecule is CC(=O)N1CCCCCCC#Cc2ccccc2C(=O)OC1. The number of ether oxygens (including phenoxy) is 1. The van der Waals surface area contributed by atoms with E-state index in [-0.39, 0.29) is 12.6 Å². The maximum Gasteiger partial charge on any atom is 0.341 e. The minimum Gasteiger partial charge on any atom is -0.441 e. The van der Waals surface area contributed by atoms with Crippen molar-refractivity contribution in [2.75, 3.05) is 13.3 Å². The topological polar surface area (TPSA) is 46.6 Å². The highest BCUT2D eigenvalue weighted by atomic mass is 16.5. The third-order valence-corrected chi connectivity index (χ3v) is 3.65. The summed E-state index contributed by atoms with van der Waals surface area (Å²) in [6.45, 7) is 2.11. The third-order valence-electron chi connectivity index (χ3n) is 3.65. The maximum absolute atomic E-state index is 12.2. The highest BCUT2D eigenvalue weighted by Gasteiger charge is 2.15. The minimum absolute atomic E-state index is 0.00404. The number of hydrogen-bond acceptors (Lipinski definition) is 3. The van der Waals surface area contributed by atoms with Gasteiger partial charge in [-0.25, -0.2) is 4.79 Å². The van der Waals surface area contributed by atoms with Gasteiger partial charge in [0.15, 0.2) is 6.73 Å². The predicted octanol–water partition coefficient (Wildman–Crippen LogP) is 2.97. The van der Waals surface area contributed by atoms with Crippen LogP contribution in [0.25, 0.3) is 0 Å². The molecule has 116 valence electrons. The summed E-state index contributed by atoms with van der Waals surface area (Å²) in [7, 11) is 0. The molecule has 0 radical (unpaired) electrons. The molecular formula is C18H21NO3. The van der Waals surface area contributed by atoms with Crippen LogP contribution in [0.4, 0.5) is 0 Å². The minimum atomic E-state index is -0.437. The molecule has 0 aliphatic carbocycles. The Morgan fingerprint density at radius 1 is 1.18 bits per heavy atom. The molecule has 1 aliphatic rings. The first-order chi connectivity index (χ1) is 10.7. The van der Waals surface area contributed by atoms with E-state index in [4.69, 9.17) is 4.74 Å². The summed E-state index contributed by atoms with van der Waals surface area (Å²) >= 11 is 0. The van der Waals surface area contributed by atoms with Crippen LogP contribution >= 0.6 is 0 Å². The number of cyclic esters (lactones) is 1. The van der Waals surface area contributed by atoms with Crippen molar-refractivity contribution in [3.05, 3.63) is 35.4 Å². The predicted molar refractivity (Wildman–Crippen MR) is 84.1 cm³/mol. The Hall–Kier alpha value is -2.28. The highest BCUT2D eigenvalue weighted by Crippen LogP contribution is 2.11. The lowest BCUT2D eigenvalue weighted by Crippen LogP contribution is -2.33. The van der Waals surface area contributed by atoms with Gasteiger partial charge in [-0.1, -0.05) is 36.8 Å². The average Bonchev–Trinajstić information content (AvgIpc) is 2.51. The molecule has 0 saturated heterocycles. The Labute approximate surface area is 131 Å². The van der Waals surface area contributed by atoms with Gasteiger partial charge >= 0.3 is 5.97 Å². The molecule has 1 aliphatic heterocycles. The standard InChI is InChI=1S/C18H21NO3/c1-15(20)19-13-9-5-3-2-4-6-10-16-11-7-8-12-17(16)18(21)22-14-19/h7-8,11-12H,2-5,9,13-14H2,1H3. The second kappa shape index (κ2) is 8.23. The summed E-state index contributed by atoms with van der Waals surface area (Å²) in [5.41, 5.74) is 1.13. The monoisotopic (exact) mass is 299 g/mol. The number of hydrogen-bond donors (Lipinski definition) is 0. The number of carbonyl (C=O) groups is 2. The van der Waals surface area contributed by atoms with E-state index in [2.05, 4.69) is 11.8 Å². The fourth-order valence-electron chi connectivity index (χ4n) is 2.32. The Morgan fingerprint density at radius 2 is 1.95 bits per heavy atom. The van der Waals surface area contributed by atoms with Crippen molar-refractivity contribution in [3.63, 3.8) is 0 Å². The smallest absolute Gasteiger partial charge is 0.341 e. The molecule has 4 nitrogen and oxygen atoms in total. The lowest BCUT2D eigenvalue weighted by Gasteiger charge is -2.21. The summed E-state index contributed by atoms with van der Waals surface area (Å²) in [5.74, 6) is 5.66. The molecule has 0 saturated carbocycles. The first kappa shape index (κ1) is 16.1. The van der Waals surface area contributed by atoms with Gasteiger partial charge in [0.25, 0.3) is 0 Å². The van der Waals surface area contributed by atoms with Crippen molar-refractivity contribution in [1.29, 1.82) is 0 Å². The van der Waals surface area contributed by atoms with E-state index in [0.29, 0.717) is 17.7 Å². The van der Waals surface area contributed by atoms with Crippen molar-refractivity contribution in [1.82, 2.24) is 4.90 Å². The zero-order valence-electron chi connectivity index (χ0n) is 12.9. The summed E-state index contributed by atoms with van der Waals surface area (Å²) in [5, 5.41) is 0. The van der Waals surface area contributed by atoms with Crippen molar-refractivity contribution >= 4 is 11.9 Å². The largest absolute Gasteiger partial charge is 0.441 e. The van der Waals surface area contributed by atoms with Crippen LogP contribution in [-0.4, -0.2) is 30.1 Å². The van der Waals surface area contributed by atoms with Crippen LogP contribution < -0.4 is 0 Å². The number of carbonyl (C=O) groups excluding carboxylic acids is 2. The van der Waals surface area contributed by atoms with Crippen molar-refractivity contribution in [2.24, 2.45) is 0 Å². The Morgan fingerprint density at radius 3 is 2.77 bits per heavy atom. The lowest BCUT2D eigenvalue weighted by atomic mass is 10.1. The van der Waals surface area contributed by atoms with Crippen LogP contribution in [0.5, 0.6) is 0 Å². The van der Waals surface area contributed by atoms with Crippen LogP contribution in [-0.2, 0) is 9.53 Å². The van der Waals surface area contributed by atoms with Gasteiger partial charge in [-0.15, -0.1) is 0 Å². The van der Waals surface area contributed by atoms with Crippen LogP contribution in [0.2, 0.25) is 0 Å². The molecule has 0 unspecified atom stereocenters. The van der Waals surface area contributed by atoms with Crippen LogP contribution in [0.1, 0.15) is 54.9 Å². The maximum atomic E-state index is 12.2. The molecule has 1 amide bonds. The Bertz CT molecular complexity index is 598. The molecule has 2 rings (SSSR count). The van der Waals surface area contributed by atoms with E-state index >= 15 is 0 Å². The summed E-state index contributed by atoms with van der Waals surface area (Å²) in [6.07, 6.45) is 4.93. The zero-order valence-corrected chi connectivity index (χ0v) is 12.9. The quantitative estimate of drug-likeness (QED) is 0.546. The van der Waals surface area contributed by atoms with Crippen molar-refractivity contribution in [2.45, 2.75) is 39.0 Å². The fraction of sp³-hybridized carbons (Fsp3) is 0.444. The number of benzene rings is 1. The molecule has 1 heterocycles. The summed E-state index contributed by atoms with van der Waals surface area (Å²) < 4.78 is 5.29.